The maximum Gasteiger partial charge on any atom is 0.416 e. The maximum absolute atomic E-state index is 12.7. The van der Waals surface area contributed by atoms with E-state index in [2.05, 4.69) is 5.32 Å². The first-order valence-electron chi connectivity index (χ1n) is 7.25. The molecular weight excluding hydrogens is 359 g/mol. The van der Waals surface area contributed by atoms with Crippen LogP contribution in [-0.2, 0) is 6.18 Å². The third-order valence-corrected chi connectivity index (χ3v) is 3.51. The molecule has 2 aromatic carbocycles. The first-order chi connectivity index (χ1) is 11.8. The number of amides is 1. The van der Waals surface area contributed by atoms with Crippen LogP contribution < -0.4 is 14.8 Å². The van der Waals surface area contributed by atoms with Gasteiger partial charge in [-0.25, -0.2) is 0 Å². The van der Waals surface area contributed by atoms with Gasteiger partial charge in [0.1, 0.15) is 0 Å². The number of anilines is 1. The van der Waals surface area contributed by atoms with Gasteiger partial charge in [-0.05, 0) is 37.3 Å². The van der Waals surface area contributed by atoms with Crippen LogP contribution in [0.5, 0.6) is 11.5 Å². The van der Waals surface area contributed by atoms with E-state index in [0.29, 0.717) is 12.4 Å². The molecule has 0 radical (unpaired) electrons. The first kappa shape index (κ1) is 18.9. The van der Waals surface area contributed by atoms with Crippen LogP contribution in [0.4, 0.5) is 18.9 Å². The number of hydrogen-bond donors (Lipinski definition) is 1. The smallest absolute Gasteiger partial charge is 0.416 e. The van der Waals surface area contributed by atoms with E-state index < -0.39 is 17.6 Å². The van der Waals surface area contributed by atoms with Gasteiger partial charge in [-0.2, -0.15) is 13.2 Å². The summed E-state index contributed by atoms with van der Waals surface area (Å²) in [6.45, 7) is 2.12. The molecule has 4 nitrogen and oxygen atoms in total. The molecule has 0 aliphatic heterocycles. The molecule has 2 aromatic rings. The molecule has 0 unspecified atom stereocenters. The standard InChI is InChI=1S/C17H15ClF3NO3/c1-3-25-15-13(18)7-10(8-14(15)24-2)16(23)22-12-6-4-5-11(9-12)17(19,20)21/h4-9H,3H2,1-2H3,(H,22,23). The minimum absolute atomic E-state index is 0.0174. The van der Waals surface area contributed by atoms with Crippen molar-refractivity contribution in [3.05, 3.63) is 52.5 Å². The number of carbonyl (C=O) groups is 1. The van der Waals surface area contributed by atoms with Crippen molar-refractivity contribution in [2.45, 2.75) is 13.1 Å². The summed E-state index contributed by atoms with van der Waals surface area (Å²) in [7, 11) is 1.39. The van der Waals surface area contributed by atoms with Gasteiger partial charge in [-0.15, -0.1) is 0 Å². The summed E-state index contributed by atoms with van der Waals surface area (Å²) in [5, 5.41) is 2.57. The topological polar surface area (TPSA) is 47.6 Å². The Morgan fingerprint density at radius 2 is 1.96 bits per heavy atom. The lowest BCUT2D eigenvalue weighted by Crippen LogP contribution is -2.13. The Morgan fingerprint density at radius 1 is 1.24 bits per heavy atom. The second-order valence-electron chi connectivity index (χ2n) is 4.96. The molecule has 0 spiro atoms. The second-order valence-corrected chi connectivity index (χ2v) is 5.36. The number of benzene rings is 2. The van der Waals surface area contributed by atoms with Crippen molar-refractivity contribution >= 4 is 23.2 Å². The molecule has 0 saturated heterocycles. The Balaban J connectivity index is 2.28. The highest BCUT2D eigenvalue weighted by Gasteiger charge is 2.30. The predicted octanol–water partition coefficient (Wildman–Crippen LogP) is 5.02. The fraction of sp³-hybridized carbons (Fsp3) is 0.235. The number of alkyl halides is 3. The van der Waals surface area contributed by atoms with E-state index in [0.717, 1.165) is 12.1 Å². The minimum Gasteiger partial charge on any atom is -0.493 e. The number of halogens is 4. The number of rotatable bonds is 5. The van der Waals surface area contributed by atoms with Crippen LogP contribution in [0.2, 0.25) is 5.02 Å². The Hall–Kier alpha value is -2.41. The van der Waals surface area contributed by atoms with Crippen molar-refractivity contribution in [1.82, 2.24) is 0 Å². The monoisotopic (exact) mass is 373 g/mol. The molecular formula is C17H15ClF3NO3. The van der Waals surface area contributed by atoms with Crippen LogP contribution in [0.1, 0.15) is 22.8 Å². The van der Waals surface area contributed by atoms with E-state index in [4.69, 9.17) is 21.1 Å². The zero-order valence-corrected chi connectivity index (χ0v) is 14.2. The Morgan fingerprint density at radius 3 is 2.56 bits per heavy atom. The van der Waals surface area contributed by atoms with Crippen molar-refractivity contribution in [3.63, 3.8) is 0 Å². The largest absolute Gasteiger partial charge is 0.493 e. The van der Waals surface area contributed by atoms with Gasteiger partial charge < -0.3 is 14.8 Å². The summed E-state index contributed by atoms with van der Waals surface area (Å²) in [4.78, 5) is 12.3. The SMILES string of the molecule is CCOc1c(Cl)cc(C(=O)Nc2cccc(C(F)(F)F)c2)cc1OC. The number of methoxy groups -OCH3 is 1. The lowest BCUT2D eigenvalue weighted by molar-refractivity contribution is -0.137. The van der Waals surface area contributed by atoms with Crippen LogP contribution in [0.15, 0.2) is 36.4 Å². The quantitative estimate of drug-likeness (QED) is 0.800. The highest BCUT2D eigenvalue weighted by Crippen LogP contribution is 2.37. The average molecular weight is 374 g/mol. The van der Waals surface area contributed by atoms with Gasteiger partial charge >= 0.3 is 6.18 Å². The van der Waals surface area contributed by atoms with Gasteiger partial charge in [0, 0.05) is 11.3 Å². The van der Waals surface area contributed by atoms with Crippen molar-refractivity contribution in [1.29, 1.82) is 0 Å². The lowest BCUT2D eigenvalue weighted by atomic mass is 10.1. The molecule has 25 heavy (non-hydrogen) atoms. The summed E-state index contributed by atoms with van der Waals surface area (Å²) in [6, 6.07) is 7.11. The van der Waals surface area contributed by atoms with E-state index in [1.807, 2.05) is 0 Å². The Kier molecular flexibility index (Phi) is 5.79. The van der Waals surface area contributed by atoms with E-state index >= 15 is 0 Å². The summed E-state index contributed by atoms with van der Waals surface area (Å²) in [6.07, 6.45) is -4.49. The summed E-state index contributed by atoms with van der Waals surface area (Å²) in [5.74, 6) is -0.0756. The normalized spacial score (nSPS) is 11.1. The third-order valence-electron chi connectivity index (χ3n) is 3.23. The van der Waals surface area contributed by atoms with Crippen molar-refractivity contribution < 1.29 is 27.4 Å². The van der Waals surface area contributed by atoms with E-state index in [9.17, 15) is 18.0 Å². The van der Waals surface area contributed by atoms with Crippen LogP contribution >= 0.6 is 11.6 Å². The molecule has 0 fully saturated rings. The van der Waals surface area contributed by atoms with Gasteiger partial charge in [0.25, 0.3) is 5.91 Å². The maximum atomic E-state index is 12.7. The fourth-order valence-corrected chi connectivity index (χ4v) is 2.38. The zero-order valence-electron chi connectivity index (χ0n) is 13.4. The molecule has 1 N–H and O–H groups in total. The molecule has 0 aliphatic carbocycles. The number of carbonyl (C=O) groups excluding carboxylic acids is 1. The molecule has 0 heterocycles. The summed E-state index contributed by atoms with van der Waals surface area (Å²) < 4.78 is 48.7. The first-order valence-corrected chi connectivity index (χ1v) is 7.63. The van der Waals surface area contributed by atoms with Crippen LogP contribution in [0, 0.1) is 0 Å². The lowest BCUT2D eigenvalue weighted by Gasteiger charge is -2.14. The van der Waals surface area contributed by atoms with Gasteiger partial charge in [-0.3, -0.25) is 4.79 Å². The molecule has 134 valence electrons. The van der Waals surface area contributed by atoms with Gasteiger partial charge in [0.2, 0.25) is 0 Å². The highest BCUT2D eigenvalue weighted by atomic mass is 35.5. The molecule has 0 atom stereocenters. The zero-order chi connectivity index (χ0) is 18.6. The van der Waals surface area contributed by atoms with Gasteiger partial charge in [0.15, 0.2) is 11.5 Å². The Bertz CT molecular complexity index is 778. The van der Waals surface area contributed by atoms with E-state index in [1.165, 1.54) is 31.4 Å². The number of ether oxygens (including phenoxy) is 2. The average Bonchev–Trinajstić information content (AvgIpc) is 2.56. The van der Waals surface area contributed by atoms with Gasteiger partial charge in [-0.1, -0.05) is 17.7 Å². The van der Waals surface area contributed by atoms with Crippen molar-refractivity contribution in [2.24, 2.45) is 0 Å². The molecule has 0 aromatic heterocycles. The molecule has 1 amide bonds. The van der Waals surface area contributed by atoms with E-state index in [-0.39, 0.29) is 22.0 Å². The van der Waals surface area contributed by atoms with Crippen molar-refractivity contribution in [2.75, 3.05) is 19.0 Å². The number of hydrogen-bond acceptors (Lipinski definition) is 3. The third kappa shape index (κ3) is 4.57. The minimum atomic E-state index is -4.49. The van der Waals surface area contributed by atoms with Crippen LogP contribution in [0.3, 0.4) is 0 Å². The highest BCUT2D eigenvalue weighted by molar-refractivity contribution is 6.32. The van der Waals surface area contributed by atoms with E-state index in [1.54, 1.807) is 6.92 Å². The van der Waals surface area contributed by atoms with Gasteiger partial charge in [0.05, 0.1) is 24.3 Å². The van der Waals surface area contributed by atoms with Crippen LogP contribution in [-0.4, -0.2) is 19.6 Å². The Labute approximate surface area is 147 Å². The summed E-state index contributed by atoms with van der Waals surface area (Å²) >= 11 is 6.09. The molecule has 0 aliphatic rings. The van der Waals surface area contributed by atoms with Crippen LogP contribution in [0.25, 0.3) is 0 Å². The summed E-state index contributed by atoms with van der Waals surface area (Å²) in [5.41, 5.74) is -0.709. The fourth-order valence-electron chi connectivity index (χ4n) is 2.11. The molecule has 8 heteroatoms. The van der Waals surface area contributed by atoms with Crippen molar-refractivity contribution in [3.8, 4) is 11.5 Å². The predicted molar refractivity (Wildman–Crippen MR) is 88.6 cm³/mol. The molecule has 0 bridgehead atoms. The molecule has 0 saturated carbocycles. The second kappa shape index (κ2) is 7.65. The number of nitrogens with one attached hydrogen (secondary N) is 1. The molecule has 2 rings (SSSR count).